The summed E-state index contributed by atoms with van der Waals surface area (Å²) >= 11 is 0. The zero-order valence-electron chi connectivity index (χ0n) is 23.5. The third kappa shape index (κ3) is 9.06. The molecule has 0 aliphatic rings. The number of carboxylic acid groups (broad SMARTS) is 1. The topological polar surface area (TPSA) is 168 Å². The van der Waals surface area contributed by atoms with Gasteiger partial charge in [0.25, 0.3) is 5.91 Å². The number of aromatic hydroxyl groups is 2. The van der Waals surface area contributed by atoms with Gasteiger partial charge in [0.2, 0.25) is 11.8 Å². The first-order valence-corrected chi connectivity index (χ1v) is 13.2. The van der Waals surface area contributed by atoms with Crippen LogP contribution in [0.15, 0.2) is 48.5 Å². The van der Waals surface area contributed by atoms with Gasteiger partial charge >= 0.3 is 5.97 Å². The number of hydrogen-bond donors (Lipinski definition) is 6. The number of likely N-dealkylation sites (N-methyl/N-ethyl adjacent to an activating group) is 2. The summed E-state index contributed by atoms with van der Waals surface area (Å²) in [6.07, 6.45) is 0.591. The molecular weight excluding hydrogens is 516 g/mol. The summed E-state index contributed by atoms with van der Waals surface area (Å²) in [5.41, 5.74) is 1.47. The Hall–Kier alpha value is -3.96. The summed E-state index contributed by atoms with van der Waals surface area (Å²) in [5, 5.41) is 37.4. The molecule has 0 heterocycles. The van der Waals surface area contributed by atoms with Crippen molar-refractivity contribution < 1.29 is 34.5 Å². The molecule has 40 heavy (non-hydrogen) atoms. The summed E-state index contributed by atoms with van der Waals surface area (Å²) in [5.74, 6) is -3.31. The first kappa shape index (κ1) is 32.3. The van der Waals surface area contributed by atoms with Crippen molar-refractivity contribution in [3.8, 4) is 11.5 Å². The van der Waals surface area contributed by atoms with Gasteiger partial charge in [-0.15, -0.1) is 0 Å². The highest BCUT2D eigenvalue weighted by molar-refractivity contribution is 6.04. The van der Waals surface area contributed by atoms with Crippen molar-refractivity contribution in [2.75, 3.05) is 14.1 Å². The second-order valence-corrected chi connectivity index (χ2v) is 10.2. The average Bonchev–Trinajstić information content (AvgIpc) is 2.91. The fraction of sp³-hybridized carbons (Fsp3) is 0.448. The predicted octanol–water partition coefficient (Wildman–Crippen LogP) is 1.42. The van der Waals surface area contributed by atoms with E-state index in [1.807, 2.05) is 13.8 Å². The molecule has 0 aliphatic carbocycles. The average molecular weight is 557 g/mol. The van der Waals surface area contributed by atoms with E-state index in [4.69, 9.17) is 0 Å². The fourth-order valence-electron chi connectivity index (χ4n) is 4.28. The SMILES string of the molecule is CNC(Cc1ccc(O)cc1)C(=O)NC(CC(C)C)C(=O)N(C(=O)C(Cc1ccc(O)cc1)NC)C(C)C(=O)O. The Morgan fingerprint density at radius 2 is 1.15 bits per heavy atom. The van der Waals surface area contributed by atoms with Crippen molar-refractivity contribution in [2.24, 2.45) is 5.92 Å². The van der Waals surface area contributed by atoms with Crippen molar-refractivity contribution in [3.05, 3.63) is 59.7 Å². The van der Waals surface area contributed by atoms with Crippen LogP contribution in [0.2, 0.25) is 0 Å². The molecular formula is C29H40N4O7. The lowest BCUT2D eigenvalue weighted by Gasteiger charge is -2.33. The zero-order valence-corrected chi connectivity index (χ0v) is 23.5. The van der Waals surface area contributed by atoms with E-state index in [1.165, 1.54) is 38.2 Å². The molecule has 11 nitrogen and oxygen atoms in total. The molecule has 0 aromatic heterocycles. The van der Waals surface area contributed by atoms with Gasteiger partial charge in [-0.05, 0) is 81.6 Å². The minimum atomic E-state index is -1.49. The van der Waals surface area contributed by atoms with Crippen LogP contribution < -0.4 is 16.0 Å². The van der Waals surface area contributed by atoms with Gasteiger partial charge in [-0.25, -0.2) is 4.79 Å². The Balaban J connectivity index is 2.33. The van der Waals surface area contributed by atoms with Gasteiger partial charge in [-0.3, -0.25) is 19.3 Å². The second-order valence-electron chi connectivity index (χ2n) is 10.2. The molecule has 0 fully saturated rings. The first-order valence-electron chi connectivity index (χ1n) is 13.2. The molecule has 4 atom stereocenters. The number of phenols is 2. The molecule has 0 saturated carbocycles. The van der Waals surface area contributed by atoms with Gasteiger partial charge in [0.1, 0.15) is 23.6 Å². The number of benzene rings is 2. The van der Waals surface area contributed by atoms with Crippen LogP contribution in [0.3, 0.4) is 0 Å². The standard InChI is InChI=1S/C29H40N4O7/c1-17(2)14-25(32-26(36)23(30-4)15-19-6-10-21(34)11-7-19)28(38)33(18(3)29(39)40)27(37)24(31-5)16-20-8-12-22(35)13-9-20/h6-13,17-18,23-25,30-31,34-35H,14-16H2,1-5H3,(H,32,36)(H,39,40). The fourth-order valence-corrected chi connectivity index (χ4v) is 4.28. The maximum atomic E-state index is 13.8. The van der Waals surface area contributed by atoms with Crippen LogP contribution >= 0.6 is 0 Å². The molecule has 0 bridgehead atoms. The normalized spacial score (nSPS) is 14.2. The summed E-state index contributed by atoms with van der Waals surface area (Å²) in [7, 11) is 3.14. The molecule has 218 valence electrons. The number of hydrogen-bond acceptors (Lipinski definition) is 8. The summed E-state index contributed by atoms with van der Waals surface area (Å²) < 4.78 is 0. The van der Waals surface area contributed by atoms with E-state index in [9.17, 15) is 34.5 Å². The van der Waals surface area contributed by atoms with E-state index in [0.29, 0.717) is 10.5 Å². The van der Waals surface area contributed by atoms with E-state index in [-0.39, 0.29) is 36.7 Å². The molecule has 0 radical (unpaired) electrons. The van der Waals surface area contributed by atoms with Crippen LogP contribution in [0.5, 0.6) is 11.5 Å². The smallest absolute Gasteiger partial charge is 0.326 e. The molecule has 0 aliphatic heterocycles. The molecule has 4 unspecified atom stereocenters. The Morgan fingerprint density at radius 1 is 0.725 bits per heavy atom. The molecule has 0 spiro atoms. The number of carbonyl (C=O) groups excluding carboxylic acids is 3. The molecule has 2 rings (SSSR count). The van der Waals surface area contributed by atoms with Crippen LogP contribution in [0.4, 0.5) is 0 Å². The summed E-state index contributed by atoms with van der Waals surface area (Å²) in [6.45, 7) is 4.96. The van der Waals surface area contributed by atoms with Gasteiger partial charge in [-0.2, -0.15) is 0 Å². The molecule has 11 heteroatoms. The zero-order chi connectivity index (χ0) is 30.0. The summed E-state index contributed by atoms with van der Waals surface area (Å²) in [4.78, 5) is 53.5. The number of aliphatic carboxylic acids is 1. The van der Waals surface area contributed by atoms with Crippen LogP contribution in [0, 0.1) is 5.92 Å². The maximum Gasteiger partial charge on any atom is 0.326 e. The van der Waals surface area contributed by atoms with Gasteiger partial charge in [0.05, 0.1) is 12.1 Å². The number of rotatable bonds is 14. The van der Waals surface area contributed by atoms with E-state index in [2.05, 4.69) is 16.0 Å². The van der Waals surface area contributed by atoms with E-state index in [0.717, 1.165) is 5.56 Å². The van der Waals surface area contributed by atoms with E-state index >= 15 is 0 Å². The molecule has 6 N–H and O–H groups in total. The lowest BCUT2D eigenvalue weighted by molar-refractivity contribution is -0.159. The predicted molar refractivity (Wildman–Crippen MR) is 150 cm³/mol. The Bertz CT molecular complexity index is 1150. The summed E-state index contributed by atoms with van der Waals surface area (Å²) in [6, 6.07) is 8.30. The minimum Gasteiger partial charge on any atom is -0.508 e. The van der Waals surface area contributed by atoms with E-state index in [1.54, 1.807) is 31.3 Å². The van der Waals surface area contributed by atoms with Gasteiger partial charge in [-0.1, -0.05) is 38.1 Å². The lowest BCUT2D eigenvalue weighted by atomic mass is 9.99. The number of carboxylic acids is 1. The van der Waals surface area contributed by atoms with Crippen molar-refractivity contribution in [2.45, 2.75) is 64.2 Å². The highest BCUT2D eigenvalue weighted by Gasteiger charge is 2.39. The number of phenolic OH excluding ortho intramolecular Hbond substituents is 2. The number of amides is 3. The first-order chi connectivity index (χ1) is 18.9. The van der Waals surface area contributed by atoms with Crippen LogP contribution in [0.25, 0.3) is 0 Å². The van der Waals surface area contributed by atoms with Crippen molar-refractivity contribution in [1.82, 2.24) is 20.9 Å². The van der Waals surface area contributed by atoms with Crippen LogP contribution in [-0.2, 0) is 32.0 Å². The molecule has 3 amide bonds. The van der Waals surface area contributed by atoms with Crippen LogP contribution in [-0.4, -0.2) is 82.2 Å². The molecule has 2 aromatic rings. The highest BCUT2D eigenvalue weighted by atomic mass is 16.4. The van der Waals surface area contributed by atoms with Gasteiger partial charge in [0.15, 0.2) is 0 Å². The van der Waals surface area contributed by atoms with E-state index < -0.39 is 47.9 Å². The maximum absolute atomic E-state index is 13.8. The quantitative estimate of drug-likeness (QED) is 0.202. The third-order valence-corrected chi connectivity index (χ3v) is 6.61. The molecule has 2 aromatic carbocycles. The number of imide groups is 1. The molecule has 0 saturated heterocycles. The Morgan fingerprint density at radius 3 is 1.55 bits per heavy atom. The number of nitrogens with zero attached hydrogens (tertiary/aromatic N) is 1. The van der Waals surface area contributed by atoms with Gasteiger partial charge < -0.3 is 31.3 Å². The third-order valence-electron chi connectivity index (χ3n) is 6.61. The Kier molecular flexibility index (Phi) is 12.1. The minimum absolute atomic E-state index is 0.0601. The number of carbonyl (C=O) groups is 4. The second kappa shape index (κ2) is 15.0. The van der Waals surface area contributed by atoms with Crippen molar-refractivity contribution in [1.29, 1.82) is 0 Å². The van der Waals surface area contributed by atoms with Crippen LogP contribution in [0.1, 0.15) is 38.3 Å². The largest absolute Gasteiger partial charge is 0.508 e. The monoisotopic (exact) mass is 556 g/mol. The Labute approximate surface area is 234 Å². The van der Waals surface area contributed by atoms with Crippen molar-refractivity contribution >= 4 is 23.7 Å². The van der Waals surface area contributed by atoms with Crippen molar-refractivity contribution in [3.63, 3.8) is 0 Å². The lowest BCUT2D eigenvalue weighted by Crippen LogP contribution is -2.60. The van der Waals surface area contributed by atoms with Gasteiger partial charge in [0, 0.05) is 0 Å². The highest BCUT2D eigenvalue weighted by Crippen LogP contribution is 2.17. The number of nitrogens with one attached hydrogen (secondary N) is 3.